The summed E-state index contributed by atoms with van der Waals surface area (Å²) in [6.45, 7) is 0.851. The summed E-state index contributed by atoms with van der Waals surface area (Å²) >= 11 is 3.97. The fourth-order valence-corrected chi connectivity index (χ4v) is 4.83. The van der Waals surface area contributed by atoms with Gasteiger partial charge in [0.15, 0.2) is 11.6 Å². The Morgan fingerprint density at radius 2 is 2.29 bits per heavy atom. The van der Waals surface area contributed by atoms with E-state index in [0.717, 1.165) is 23.5 Å². The molecule has 2 heterocycles. The fraction of sp³-hybridized carbons (Fsp3) is 0.429. The molecular weight excluding hydrogens is 309 g/mol. The van der Waals surface area contributed by atoms with Gasteiger partial charge >= 0.3 is 0 Å². The largest absolute Gasteiger partial charge is 0.494 e. The molecule has 7 heteroatoms. The van der Waals surface area contributed by atoms with Crippen molar-refractivity contribution in [3.8, 4) is 5.75 Å². The second-order valence-corrected chi connectivity index (χ2v) is 7.23. The van der Waals surface area contributed by atoms with Gasteiger partial charge in [0.2, 0.25) is 0 Å². The molecule has 0 radical (unpaired) electrons. The van der Waals surface area contributed by atoms with E-state index < -0.39 is 5.82 Å². The van der Waals surface area contributed by atoms with E-state index in [1.54, 1.807) is 6.07 Å². The zero-order valence-electron chi connectivity index (χ0n) is 11.6. The molecule has 1 aliphatic heterocycles. The van der Waals surface area contributed by atoms with Crippen LogP contribution in [0.1, 0.15) is 0 Å². The number of aromatic nitrogens is 2. The maximum absolute atomic E-state index is 13.7. The zero-order valence-corrected chi connectivity index (χ0v) is 13.3. The fourth-order valence-electron chi connectivity index (χ4n) is 2.22. The van der Waals surface area contributed by atoms with E-state index in [0.29, 0.717) is 10.8 Å². The number of benzene rings is 1. The molecule has 4 nitrogen and oxygen atoms in total. The van der Waals surface area contributed by atoms with E-state index in [2.05, 4.69) is 15.3 Å². The standard InChI is InChI=1S/C14H16FN3OS2/c1-19-13-4-10-12(5-11(13)15)17-8-18-14(10)16-6-9-7-20-2-3-21-9/h4-5,8-9H,2-3,6-7H2,1H3,(H,16,17,18). The van der Waals surface area contributed by atoms with Gasteiger partial charge in [-0.2, -0.15) is 23.5 Å². The quantitative estimate of drug-likeness (QED) is 0.932. The van der Waals surface area contributed by atoms with Crippen LogP contribution in [-0.2, 0) is 0 Å². The molecule has 0 amide bonds. The number of ether oxygens (including phenoxy) is 1. The van der Waals surface area contributed by atoms with E-state index in [4.69, 9.17) is 4.74 Å². The molecule has 1 fully saturated rings. The third-order valence-electron chi connectivity index (χ3n) is 3.29. The van der Waals surface area contributed by atoms with Gasteiger partial charge in [0.05, 0.1) is 12.6 Å². The molecule has 0 bridgehead atoms. The van der Waals surface area contributed by atoms with Crippen molar-refractivity contribution in [2.45, 2.75) is 5.25 Å². The summed E-state index contributed by atoms with van der Waals surface area (Å²) in [5.41, 5.74) is 0.580. The molecule has 1 aromatic carbocycles. The van der Waals surface area contributed by atoms with Gasteiger partial charge in [-0.1, -0.05) is 0 Å². The number of hydrogen-bond donors (Lipinski definition) is 1. The Morgan fingerprint density at radius 3 is 3.05 bits per heavy atom. The average Bonchev–Trinajstić information content (AvgIpc) is 2.53. The van der Waals surface area contributed by atoms with E-state index in [1.165, 1.54) is 31.0 Å². The number of nitrogens with zero attached hydrogens (tertiary/aromatic N) is 2. The summed E-state index contributed by atoms with van der Waals surface area (Å²) in [7, 11) is 1.46. The van der Waals surface area contributed by atoms with Crippen LogP contribution in [0.15, 0.2) is 18.5 Å². The predicted molar refractivity (Wildman–Crippen MR) is 88.1 cm³/mol. The van der Waals surface area contributed by atoms with Crippen LogP contribution in [0.4, 0.5) is 10.2 Å². The van der Waals surface area contributed by atoms with Crippen molar-refractivity contribution in [3.05, 3.63) is 24.3 Å². The van der Waals surface area contributed by atoms with Crippen molar-refractivity contribution in [3.63, 3.8) is 0 Å². The predicted octanol–water partition coefficient (Wildman–Crippen LogP) is 3.04. The molecule has 3 rings (SSSR count). The van der Waals surface area contributed by atoms with Gasteiger partial charge in [-0.3, -0.25) is 0 Å². The highest BCUT2D eigenvalue weighted by Crippen LogP contribution is 2.28. The summed E-state index contributed by atoms with van der Waals surface area (Å²) in [5.74, 6) is 4.11. The molecule has 2 aromatic rings. The lowest BCUT2D eigenvalue weighted by molar-refractivity contribution is 0.387. The summed E-state index contributed by atoms with van der Waals surface area (Å²) in [6, 6.07) is 3.03. The molecular formula is C14H16FN3OS2. The summed E-state index contributed by atoms with van der Waals surface area (Å²) < 4.78 is 18.8. The van der Waals surface area contributed by atoms with Gasteiger partial charge < -0.3 is 10.1 Å². The van der Waals surface area contributed by atoms with Crippen LogP contribution in [0.25, 0.3) is 10.9 Å². The first-order chi connectivity index (χ1) is 10.3. The van der Waals surface area contributed by atoms with Gasteiger partial charge in [0.1, 0.15) is 12.1 Å². The molecule has 21 heavy (non-hydrogen) atoms. The number of thioether (sulfide) groups is 2. The zero-order chi connectivity index (χ0) is 14.7. The molecule has 1 unspecified atom stereocenters. The Bertz CT molecular complexity index is 635. The van der Waals surface area contributed by atoms with Crippen LogP contribution in [-0.4, -0.2) is 46.1 Å². The minimum absolute atomic E-state index is 0.211. The van der Waals surface area contributed by atoms with Crippen molar-refractivity contribution < 1.29 is 9.13 Å². The lowest BCUT2D eigenvalue weighted by atomic mass is 10.2. The van der Waals surface area contributed by atoms with Gasteiger partial charge in [0.25, 0.3) is 0 Å². The number of fused-ring (bicyclic) bond motifs is 1. The minimum atomic E-state index is -0.408. The van der Waals surface area contributed by atoms with Crippen LogP contribution in [0.2, 0.25) is 0 Å². The van der Waals surface area contributed by atoms with E-state index in [9.17, 15) is 4.39 Å². The lowest BCUT2D eigenvalue weighted by Crippen LogP contribution is -2.23. The topological polar surface area (TPSA) is 47.0 Å². The third kappa shape index (κ3) is 3.35. The van der Waals surface area contributed by atoms with Crippen molar-refractivity contribution in [1.82, 2.24) is 9.97 Å². The SMILES string of the molecule is COc1cc2c(NCC3CSCCS3)ncnc2cc1F. The van der Waals surface area contributed by atoms with Crippen LogP contribution in [0.5, 0.6) is 5.75 Å². The van der Waals surface area contributed by atoms with Gasteiger partial charge in [-0.25, -0.2) is 14.4 Å². The monoisotopic (exact) mass is 325 g/mol. The van der Waals surface area contributed by atoms with Crippen molar-refractivity contribution >= 4 is 40.2 Å². The number of nitrogens with one attached hydrogen (secondary N) is 1. The first-order valence-corrected chi connectivity index (χ1v) is 8.89. The minimum Gasteiger partial charge on any atom is -0.494 e. The molecule has 1 saturated heterocycles. The Balaban J connectivity index is 1.83. The smallest absolute Gasteiger partial charge is 0.167 e. The Labute approximate surface area is 131 Å². The van der Waals surface area contributed by atoms with Crippen molar-refractivity contribution in [1.29, 1.82) is 0 Å². The molecule has 1 N–H and O–H groups in total. The number of anilines is 1. The first-order valence-electron chi connectivity index (χ1n) is 6.69. The van der Waals surface area contributed by atoms with Crippen LogP contribution in [0.3, 0.4) is 0 Å². The van der Waals surface area contributed by atoms with Gasteiger partial charge in [-0.15, -0.1) is 0 Å². The average molecular weight is 325 g/mol. The second kappa shape index (κ2) is 6.70. The summed E-state index contributed by atoms with van der Waals surface area (Å²) in [6.07, 6.45) is 1.46. The number of rotatable bonds is 4. The first kappa shape index (κ1) is 14.7. The van der Waals surface area contributed by atoms with E-state index in [1.807, 2.05) is 23.5 Å². The van der Waals surface area contributed by atoms with E-state index >= 15 is 0 Å². The highest BCUT2D eigenvalue weighted by atomic mass is 32.2. The summed E-state index contributed by atoms with van der Waals surface area (Å²) in [5, 5.41) is 4.73. The van der Waals surface area contributed by atoms with Crippen molar-refractivity contribution in [2.24, 2.45) is 0 Å². The number of halogens is 1. The normalized spacial score (nSPS) is 18.7. The Hall–Kier alpha value is -1.21. The summed E-state index contributed by atoms with van der Waals surface area (Å²) in [4.78, 5) is 8.40. The lowest BCUT2D eigenvalue weighted by Gasteiger charge is -2.21. The molecule has 1 atom stereocenters. The molecule has 1 aromatic heterocycles. The Kier molecular flexibility index (Phi) is 4.70. The van der Waals surface area contributed by atoms with Gasteiger partial charge in [0, 0.05) is 40.5 Å². The maximum atomic E-state index is 13.7. The van der Waals surface area contributed by atoms with E-state index in [-0.39, 0.29) is 5.75 Å². The molecule has 112 valence electrons. The number of hydrogen-bond acceptors (Lipinski definition) is 6. The number of methoxy groups -OCH3 is 1. The molecule has 1 aliphatic rings. The highest BCUT2D eigenvalue weighted by molar-refractivity contribution is 8.06. The second-order valence-electron chi connectivity index (χ2n) is 4.67. The highest BCUT2D eigenvalue weighted by Gasteiger charge is 2.15. The van der Waals surface area contributed by atoms with Gasteiger partial charge in [-0.05, 0) is 6.07 Å². The van der Waals surface area contributed by atoms with Crippen LogP contribution in [0, 0.1) is 5.82 Å². The van der Waals surface area contributed by atoms with Crippen LogP contribution < -0.4 is 10.1 Å². The third-order valence-corrected chi connectivity index (χ3v) is 6.14. The van der Waals surface area contributed by atoms with Crippen molar-refractivity contribution in [2.75, 3.05) is 36.2 Å². The van der Waals surface area contributed by atoms with Crippen LogP contribution >= 0.6 is 23.5 Å². The molecule has 0 spiro atoms. The maximum Gasteiger partial charge on any atom is 0.167 e. The Morgan fingerprint density at radius 1 is 1.38 bits per heavy atom. The molecule has 0 aliphatic carbocycles. The molecule has 0 saturated carbocycles.